The first-order valence-electron chi connectivity index (χ1n) is 6.58. The van der Waals surface area contributed by atoms with Crippen LogP contribution < -0.4 is 5.32 Å². The first kappa shape index (κ1) is 14.7. The van der Waals surface area contributed by atoms with E-state index in [4.69, 9.17) is 0 Å². The van der Waals surface area contributed by atoms with Gasteiger partial charge in [-0.15, -0.1) is 0 Å². The van der Waals surface area contributed by atoms with E-state index < -0.39 is 0 Å². The second-order valence-electron chi connectivity index (χ2n) is 4.52. The van der Waals surface area contributed by atoms with Gasteiger partial charge in [0.05, 0.1) is 12.1 Å². The van der Waals surface area contributed by atoms with Crippen LogP contribution in [-0.4, -0.2) is 24.7 Å². The first-order valence-corrected chi connectivity index (χ1v) is 6.58. The zero-order valence-electron chi connectivity index (χ0n) is 12.0. The average molecular weight is 279 g/mol. The number of pyridine rings is 1. The summed E-state index contributed by atoms with van der Waals surface area (Å²) < 4.78 is 0. The van der Waals surface area contributed by atoms with Crippen LogP contribution in [0.25, 0.3) is 17.3 Å². The molecule has 0 saturated heterocycles. The lowest BCUT2D eigenvalue weighted by atomic mass is 10.1. The molecule has 1 aromatic heterocycles. The normalized spacial score (nSPS) is 9.95. The van der Waals surface area contributed by atoms with Crippen molar-refractivity contribution in [2.75, 3.05) is 7.05 Å². The Bertz CT molecular complexity index is 675. The van der Waals surface area contributed by atoms with Gasteiger partial charge in [0.1, 0.15) is 0 Å². The van der Waals surface area contributed by atoms with Crippen molar-refractivity contribution in [1.82, 2.24) is 10.3 Å². The molecule has 21 heavy (non-hydrogen) atoms. The summed E-state index contributed by atoms with van der Waals surface area (Å²) in [6.07, 6.45) is 2.08. The number of aliphatic imine (C=N–C) groups is 1. The molecule has 0 spiro atoms. The molecule has 0 atom stereocenters. The maximum Gasteiger partial charge on any atom is 0.224 e. The van der Waals surface area contributed by atoms with Gasteiger partial charge in [-0.05, 0) is 24.4 Å². The molecule has 0 saturated carbocycles. The summed E-state index contributed by atoms with van der Waals surface area (Å²) in [6.45, 7) is 7.25. The lowest BCUT2D eigenvalue weighted by molar-refractivity contribution is -0.119. The third-order valence-electron chi connectivity index (χ3n) is 3.17. The highest BCUT2D eigenvalue weighted by molar-refractivity contribution is 5.78. The fourth-order valence-electron chi connectivity index (χ4n) is 1.97. The van der Waals surface area contributed by atoms with E-state index in [1.165, 1.54) is 0 Å². The van der Waals surface area contributed by atoms with Gasteiger partial charge in [-0.25, -0.2) is 9.98 Å². The SMILES string of the molecule is C=Cc1ccc(-c2ccc(CC(=O)NC)cc2)nc1N=C. The number of amides is 1. The number of nitrogens with zero attached hydrogens (tertiary/aromatic N) is 2. The van der Waals surface area contributed by atoms with Crippen LogP contribution in [-0.2, 0) is 11.2 Å². The van der Waals surface area contributed by atoms with E-state index in [9.17, 15) is 4.79 Å². The Kier molecular flexibility index (Phi) is 4.61. The summed E-state index contributed by atoms with van der Waals surface area (Å²) in [5.41, 5.74) is 3.60. The second kappa shape index (κ2) is 6.61. The number of hydrogen-bond acceptors (Lipinski definition) is 3. The van der Waals surface area contributed by atoms with Crippen molar-refractivity contribution < 1.29 is 4.79 Å². The fraction of sp³-hybridized carbons (Fsp3) is 0.118. The van der Waals surface area contributed by atoms with E-state index in [1.807, 2.05) is 36.4 Å². The number of hydrogen-bond donors (Lipinski definition) is 1. The zero-order chi connectivity index (χ0) is 15.2. The zero-order valence-corrected chi connectivity index (χ0v) is 12.0. The standard InChI is InChI=1S/C17H17N3O/c1-4-13-9-10-15(20-17(13)19-3)14-7-5-12(6-8-14)11-16(21)18-2/h4-10H,1,3,11H2,2H3,(H,18,21). The minimum Gasteiger partial charge on any atom is -0.359 e. The van der Waals surface area contributed by atoms with Crippen LogP contribution in [0, 0.1) is 0 Å². The molecule has 1 amide bonds. The van der Waals surface area contributed by atoms with Crippen LogP contribution in [0.2, 0.25) is 0 Å². The predicted molar refractivity (Wildman–Crippen MR) is 86.7 cm³/mol. The molecule has 0 radical (unpaired) electrons. The predicted octanol–water partition coefficient (Wildman–Crippen LogP) is 3.01. The number of carbonyl (C=O) groups is 1. The van der Waals surface area contributed by atoms with Crippen molar-refractivity contribution in [2.45, 2.75) is 6.42 Å². The van der Waals surface area contributed by atoms with E-state index in [0.717, 1.165) is 22.4 Å². The Hall–Kier alpha value is -2.75. The molecule has 0 aliphatic heterocycles. The number of rotatable bonds is 5. The van der Waals surface area contributed by atoms with Gasteiger partial charge in [0.2, 0.25) is 5.91 Å². The van der Waals surface area contributed by atoms with Gasteiger partial charge in [0, 0.05) is 18.2 Å². The van der Waals surface area contributed by atoms with E-state index in [1.54, 1.807) is 13.1 Å². The molecule has 0 aliphatic carbocycles. The van der Waals surface area contributed by atoms with Crippen molar-refractivity contribution in [3.63, 3.8) is 0 Å². The van der Waals surface area contributed by atoms with Crippen LogP contribution in [0.3, 0.4) is 0 Å². The lowest BCUT2D eigenvalue weighted by Crippen LogP contribution is -2.19. The van der Waals surface area contributed by atoms with Crippen LogP contribution in [0.15, 0.2) is 48.0 Å². The molecule has 1 N–H and O–H groups in total. The number of aromatic nitrogens is 1. The highest BCUT2D eigenvalue weighted by atomic mass is 16.1. The summed E-state index contributed by atoms with van der Waals surface area (Å²) in [7, 11) is 1.63. The highest BCUT2D eigenvalue weighted by Crippen LogP contribution is 2.24. The molecule has 106 valence electrons. The van der Waals surface area contributed by atoms with Crippen LogP contribution in [0.1, 0.15) is 11.1 Å². The Morgan fingerprint density at radius 1 is 1.29 bits per heavy atom. The van der Waals surface area contributed by atoms with Gasteiger partial charge in [-0.2, -0.15) is 0 Å². The molecule has 4 nitrogen and oxygen atoms in total. The Balaban J connectivity index is 2.28. The number of carbonyl (C=O) groups excluding carboxylic acids is 1. The largest absolute Gasteiger partial charge is 0.359 e. The number of benzene rings is 1. The second-order valence-corrected chi connectivity index (χ2v) is 4.52. The van der Waals surface area contributed by atoms with Gasteiger partial charge >= 0.3 is 0 Å². The molecular weight excluding hydrogens is 262 g/mol. The maximum absolute atomic E-state index is 11.3. The van der Waals surface area contributed by atoms with Gasteiger partial charge in [-0.3, -0.25) is 4.79 Å². The third-order valence-corrected chi connectivity index (χ3v) is 3.17. The number of nitrogens with one attached hydrogen (secondary N) is 1. The highest BCUT2D eigenvalue weighted by Gasteiger charge is 2.05. The summed E-state index contributed by atoms with van der Waals surface area (Å²) >= 11 is 0. The molecule has 0 aliphatic rings. The molecule has 4 heteroatoms. The topological polar surface area (TPSA) is 54.4 Å². The lowest BCUT2D eigenvalue weighted by Gasteiger charge is -2.06. The van der Waals surface area contributed by atoms with E-state index in [2.05, 4.69) is 28.6 Å². The minimum atomic E-state index is -0.00523. The quantitative estimate of drug-likeness (QED) is 0.855. The molecule has 0 fully saturated rings. The van der Waals surface area contributed by atoms with E-state index in [0.29, 0.717) is 12.2 Å². The smallest absolute Gasteiger partial charge is 0.224 e. The molecular formula is C17H17N3O. The van der Waals surface area contributed by atoms with Crippen molar-refractivity contribution >= 4 is 24.5 Å². The first-order chi connectivity index (χ1) is 10.2. The molecule has 2 aromatic rings. The van der Waals surface area contributed by atoms with Gasteiger partial charge < -0.3 is 5.32 Å². The minimum absolute atomic E-state index is 0.00523. The maximum atomic E-state index is 11.3. The summed E-state index contributed by atoms with van der Waals surface area (Å²) in [5.74, 6) is 0.561. The van der Waals surface area contributed by atoms with Gasteiger partial charge in [-0.1, -0.05) is 36.9 Å². The molecule has 1 aromatic carbocycles. The summed E-state index contributed by atoms with van der Waals surface area (Å²) in [4.78, 5) is 19.7. The Labute approximate surface area is 124 Å². The molecule has 0 bridgehead atoms. The fourth-order valence-corrected chi connectivity index (χ4v) is 1.97. The van der Waals surface area contributed by atoms with Crippen molar-refractivity contribution in [2.24, 2.45) is 4.99 Å². The molecule has 0 unspecified atom stereocenters. The average Bonchev–Trinajstić information content (AvgIpc) is 2.54. The monoisotopic (exact) mass is 279 g/mol. The Morgan fingerprint density at radius 2 is 2.00 bits per heavy atom. The van der Waals surface area contributed by atoms with Crippen molar-refractivity contribution in [1.29, 1.82) is 0 Å². The van der Waals surface area contributed by atoms with Gasteiger partial charge in [0.15, 0.2) is 5.82 Å². The van der Waals surface area contributed by atoms with E-state index in [-0.39, 0.29) is 5.91 Å². The van der Waals surface area contributed by atoms with Gasteiger partial charge in [0.25, 0.3) is 0 Å². The summed E-state index contributed by atoms with van der Waals surface area (Å²) in [5, 5.41) is 2.61. The van der Waals surface area contributed by atoms with E-state index >= 15 is 0 Å². The van der Waals surface area contributed by atoms with Crippen LogP contribution in [0.5, 0.6) is 0 Å². The van der Waals surface area contributed by atoms with Crippen molar-refractivity contribution in [3.05, 3.63) is 54.1 Å². The number of likely N-dealkylation sites (N-methyl/N-ethyl adjacent to an activating group) is 1. The molecule has 2 rings (SSSR count). The van der Waals surface area contributed by atoms with Crippen molar-refractivity contribution in [3.8, 4) is 11.3 Å². The van der Waals surface area contributed by atoms with Crippen LogP contribution in [0.4, 0.5) is 5.82 Å². The molecule has 1 heterocycles. The summed E-state index contributed by atoms with van der Waals surface area (Å²) in [6, 6.07) is 11.6. The Morgan fingerprint density at radius 3 is 2.57 bits per heavy atom. The van der Waals surface area contributed by atoms with Crippen LogP contribution >= 0.6 is 0 Å². The third kappa shape index (κ3) is 3.42.